The quantitative estimate of drug-likeness (QED) is 0.816. The number of morpholine rings is 1. The summed E-state index contributed by atoms with van der Waals surface area (Å²) in [6.45, 7) is 1.42. The fraction of sp³-hybridized carbons (Fsp3) is 0.353. The second-order valence-electron chi connectivity index (χ2n) is 5.77. The minimum Gasteiger partial charge on any atom is -0.438 e. The van der Waals surface area contributed by atoms with Crippen LogP contribution in [-0.4, -0.2) is 51.5 Å². The van der Waals surface area contributed by atoms with Gasteiger partial charge < -0.3 is 14.5 Å². The van der Waals surface area contributed by atoms with Crippen LogP contribution in [-0.2, 0) is 21.2 Å². The van der Waals surface area contributed by atoms with Gasteiger partial charge in [-0.25, -0.2) is 12.8 Å². The first-order chi connectivity index (χ1) is 12.5. The summed E-state index contributed by atoms with van der Waals surface area (Å²) in [6.07, 6.45) is 0.448. The molecule has 1 N–H and O–H groups in total. The van der Waals surface area contributed by atoms with E-state index in [4.69, 9.17) is 9.15 Å². The number of carbonyl (C=O) groups excluding carboxylic acids is 1. The van der Waals surface area contributed by atoms with Gasteiger partial charge in [0.05, 0.1) is 13.2 Å². The largest absolute Gasteiger partial charge is 0.438 e. The molecular weight excluding hydrogens is 363 g/mol. The van der Waals surface area contributed by atoms with E-state index < -0.39 is 15.9 Å². The highest BCUT2D eigenvalue weighted by Crippen LogP contribution is 2.19. The van der Waals surface area contributed by atoms with Crippen molar-refractivity contribution in [3.8, 4) is 0 Å². The molecular formula is C17H19FN2O5S. The molecule has 1 aliphatic heterocycles. The zero-order valence-electron chi connectivity index (χ0n) is 14.0. The summed E-state index contributed by atoms with van der Waals surface area (Å²) in [6, 6.07) is 8.70. The molecule has 26 heavy (non-hydrogen) atoms. The van der Waals surface area contributed by atoms with E-state index in [2.05, 4.69) is 5.32 Å². The number of rotatable bonds is 6. The lowest BCUT2D eigenvalue weighted by molar-refractivity contribution is 0.0722. The maximum absolute atomic E-state index is 13.1. The normalized spacial score (nSPS) is 15.7. The molecule has 0 radical (unpaired) electrons. The number of furan rings is 1. The van der Waals surface area contributed by atoms with E-state index in [-0.39, 0.29) is 36.3 Å². The first kappa shape index (κ1) is 18.6. The molecule has 1 aromatic heterocycles. The Morgan fingerprint density at radius 2 is 1.96 bits per heavy atom. The van der Waals surface area contributed by atoms with Crippen molar-refractivity contribution in [1.29, 1.82) is 0 Å². The Labute approximate surface area is 150 Å². The molecule has 9 heteroatoms. The molecule has 1 aromatic carbocycles. The molecule has 3 rings (SSSR count). The van der Waals surface area contributed by atoms with Crippen LogP contribution in [0.3, 0.4) is 0 Å². The van der Waals surface area contributed by atoms with E-state index in [0.29, 0.717) is 19.6 Å². The monoisotopic (exact) mass is 382 g/mol. The highest BCUT2D eigenvalue weighted by Gasteiger charge is 2.29. The Kier molecular flexibility index (Phi) is 5.70. The number of carbonyl (C=O) groups is 1. The van der Waals surface area contributed by atoms with Gasteiger partial charge >= 0.3 is 0 Å². The van der Waals surface area contributed by atoms with Gasteiger partial charge in [0.1, 0.15) is 5.82 Å². The highest BCUT2D eigenvalue weighted by molar-refractivity contribution is 7.89. The molecule has 0 saturated carbocycles. The van der Waals surface area contributed by atoms with E-state index in [9.17, 15) is 17.6 Å². The predicted molar refractivity (Wildman–Crippen MR) is 90.7 cm³/mol. The average Bonchev–Trinajstić information content (AvgIpc) is 3.13. The van der Waals surface area contributed by atoms with Crippen LogP contribution in [0.4, 0.5) is 4.39 Å². The number of sulfonamides is 1. The van der Waals surface area contributed by atoms with Crippen LogP contribution in [0.25, 0.3) is 0 Å². The summed E-state index contributed by atoms with van der Waals surface area (Å²) >= 11 is 0. The van der Waals surface area contributed by atoms with Crippen molar-refractivity contribution in [2.75, 3.05) is 32.8 Å². The fourth-order valence-corrected chi connectivity index (χ4v) is 3.91. The summed E-state index contributed by atoms with van der Waals surface area (Å²) < 4.78 is 49.7. The summed E-state index contributed by atoms with van der Waals surface area (Å²) in [7, 11) is -3.78. The minimum atomic E-state index is -3.78. The van der Waals surface area contributed by atoms with Crippen molar-refractivity contribution in [3.05, 3.63) is 53.5 Å². The Morgan fingerprint density at radius 3 is 2.69 bits per heavy atom. The SMILES string of the molecule is O=C(NCCc1cccc(F)c1)c1ccc(S(=O)(=O)N2CCOCC2)o1. The van der Waals surface area contributed by atoms with Crippen LogP contribution < -0.4 is 5.32 Å². The van der Waals surface area contributed by atoms with Crippen LogP contribution >= 0.6 is 0 Å². The van der Waals surface area contributed by atoms with E-state index in [1.807, 2.05) is 0 Å². The average molecular weight is 382 g/mol. The molecule has 2 heterocycles. The molecule has 7 nitrogen and oxygen atoms in total. The van der Waals surface area contributed by atoms with E-state index in [1.54, 1.807) is 12.1 Å². The third-order valence-corrected chi connectivity index (χ3v) is 5.73. The maximum Gasteiger partial charge on any atom is 0.287 e. The van der Waals surface area contributed by atoms with Gasteiger partial charge in [-0.1, -0.05) is 12.1 Å². The van der Waals surface area contributed by atoms with Crippen molar-refractivity contribution in [2.45, 2.75) is 11.5 Å². The Morgan fingerprint density at radius 1 is 1.19 bits per heavy atom. The lowest BCUT2D eigenvalue weighted by Crippen LogP contribution is -2.40. The predicted octanol–water partition coefficient (Wildman–Crippen LogP) is 1.41. The lowest BCUT2D eigenvalue weighted by atomic mass is 10.1. The van der Waals surface area contributed by atoms with Crippen molar-refractivity contribution < 1.29 is 26.8 Å². The third kappa shape index (κ3) is 4.29. The zero-order valence-corrected chi connectivity index (χ0v) is 14.8. The molecule has 1 fully saturated rings. The number of nitrogens with zero attached hydrogens (tertiary/aromatic N) is 1. The number of hydrogen-bond donors (Lipinski definition) is 1. The second kappa shape index (κ2) is 7.98. The minimum absolute atomic E-state index is 0.0870. The molecule has 0 bridgehead atoms. The second-order valence-corrected chi connectivity index (χ2v) is 7.64. The molecule has 1 aliphatic rings. The van der Waals surface area contributed by atoms with Crippen molar-refractivity contribution in [3.63, 3.8) is 0 Å². The van der Waals surface area contributed by atoms with Gasteiger partial charge in [0.2, 0.25) is 5.09 Å². The van der Waals surface area contributed by atoms with Crippen LogP contribution in [0.1, 0.15) is 16.1 Å². The fourth-order valence-electron chi connectivity index (χ4n) is 2.59. The van der Waals surface area contributed by atoms with Gasteiger partial charge in [-0.15, -0.1) is 0 Å². The van der Waals surface area contributed by atoms with Crippen molar-refractivity contribution >= 4 is 15.9 Å². The van der Waals surface area contributed by atoms with E-state index >= 15 is 0 Å². The van der Waals surface area contributed by atoms with Crippen LogP contribution in [0.15, 0.2) is 45.9 Å². The van der Waals surface area contributed by atoms with Crippen LogP contribution in [0, 0.1) is 5.82 Å². The molecule has 0 aliphatic carbocycles. The van der Waals surface area contributed by atoms with Gasteiger partial charge in [0, 0.05) is 19.6 Å². The zero-order chi connectivity index (χ0) is 18.6. The highest BCUT2D eigenvalue weighted by atomic mass is 32.2. The number of halogens is 1. The first-order valence-electron chi connectivity index (χ1n) is 8.17. The summed E-state index contributed by atoms with van der Waals surface area (Å²) in [5.74, 6) is -0.946. The summed E-state index contributed by atoms with van der Waals surface area (Å²) in [5, 5.41) is 2.36. The molecule has 1 saturated heterocycles. The topological polar surface area (TPSA) is 88.9 Å². The van der Waals surface area contributed by atoms with E-state index in [0.717, 1.165) is 5.56 Å². The Bertz CT molecular complexity index is 875. The van der Waals surface area contributed by atoms with Gasteiger partial charge in [-0.2, -0.15) is 4.31 Å². The van der Waals surface area contributed by atoms with Crippen molar-refractivity contribution in [1.82, 2.24) is 9.62 Å². The molecule has 0 atom stereocenters. The van der Waals surface area contributed by atoms with Gasteiger partial charge in [-0.05, 0) is 36.2 Å². The molecule has 1 amide bonds. The number of ether oxygens (including phenoxy) is 1. The number of amides is 1. The van der Waals surface area contributed by atoms with Gasteiger partial charge in [0.15, 0.2) is 5.76 Å². The molecule has 2 aromatic rings. The molecule has 0 spiro atoms. The van der Waals surface area contributed by atoms with Crippen LogP contribution in [0.5, 0.6) is 0 Å². The molecule has 140 valence electrons. The molecule has 0 unspecified atom stereocenters. The standard InChI is InChI=1S/C17H19FN2O5S/c18-14-3-1-2-13(12-14)6-7-19-17(21)15-4-5-16(25-15)26(22,23)20-8-10-24-11-9-20/h1-5,12H,6-11H2,(H,19,21). The van der Waals surface area contributed by atoms with E-state index in [1.165, 1.54) is 28.6 Å². The number of nitrogens with one attached hydrogen (secondary N) is 1. The lowest BCUT2D eigenvalue weighted by Gasteiger charge is -2.24. The van der Waals surface area contributed by atoms with Gasteiger partial charge in [-0.3, -0.25) is 4.79 Å². The third-order valence-electron chi connectivity index (χ3n) is 3.96. The van der Waals surface area contributed by atoms with Crippen LogP contribution in [0.2, 0.25) is 0 Å². The Hall–Kier alpha value is -2.23. The van der Waals surface area contributed by atoms with Gasteiger partial charge in [0.25, 0.3) is 15.9 Å². The number of hydrogen-bond acceptors (Lipinski definition) is 5. The number of benzene rings is 1. The van der Waals surface area contributed by atoms with Crippen molar-refractivity contribution in [2.24, 2.45) is 0 Å². The summed E-state index contributed by atoms with van der Waals surface area (Å²) in [4.78, 5) is 12.1. The smallest absolute Gasteiger partial charge is 0.287 e. The Balaban J connectivity index is 1.59. The summed E-state index contributed by atoms with van der Waals surface area (Å²) in [5.41, 5.74) is 0.750. The first-order valence-corrected chi connectivity index (χ1v) is 9.61. The maximum atomic E-state index is 13.1.